The molecule has 0 spiro atoms. The first kappa shape index (κ1) is 17.0. The molecule has 1 aliphatic carbocycles. The molecule has 130 valence electrons. The zero-order valence-corrected chi connectivity index (χ0v) is 14.1. The van der Waals surface area contributed by atoms with Crippen molar-refractivity contribution in [3.63, 3.8) is 0 Å². The molecule has 0 aromatic heterocycles. The van der Waals surface area contributed by atoms with Gasteiger partial charge in [0.05, 0.1) is 18.7 Å². The van der Waals surface area contributed by atoms with Crippen molar-refractivity contribution in [3.8, 4) is 5.75 Å². The average Bonchev–Trinajstić information content (AvgIpc) is 3.50. The summed E-state index contributed by atoms with van der Waals surface area (Å²) in [5, 5.41) is 3.07. The number of carbonyl (C=O) groups is 2. The van der Waals surface area contributed by atoms with Gasteiger partial charge in [0.25, 0.3) is 5.91 Å². The largest absolute Gasteiger partial charge is 0.484 e. The molecule has 2 aromatic carbocycles. The summed E-state index contributed by atoms with van der Waals surface area (Å²) in [7, 11) is 1.33. The van der Waals surface area contributed by atoms with E-state index in [4.69, 9.17) is 4.74 Å². The first-order valence-electron chi connectivity index (χ1n) is 8.33. The van der Waals surface area contributed by atoms with Gasteiger partial charge in [0.15, 0.2) is 6.61 Å². The second-order valence-corrected chi connectivity index (χ2v) is 6.10. The van der Waals surface area contributed by atoms with E-state index >= 15 is 0 Å². The highest BCUT2D eigenvalue weighted by atomic mass is 16.5. The van der Waals surface area contributed by atoms with E-state index in [0.717, 1.165) is 18.4 Å². The van der Waals surface area contributed by atoms with E-state index in [-0.39, 0.29) is 18.6 Å². The minimum Gasteiger partial charge on any atom is -0.484 e. The van der Waals surface area contributed by atoms with Crippen LogP contribution in [0.25, 0.3) is 0 Å². The van der Waals surface area contributed by atoms with Gasteiger partial charge in [-0.3, -0.25) is 4.79 Å². The zero-order valence-electron chi connectivity index (χ0n) is 14.1. The van der Waals surface area contributed by atoms with Crippen LogP contribution in [0.5, 0.6) is 5.75 Å². The summed E-state index contributed by atoms with van der Waals surface area (Å²) in [6, 6.07) is 16.6. The zero-order chi connectivity index (χ0) is 17.6. The summed E-state index contributed by atoms with van der Waals surface area (Å²) in [4.78, 5) is 23.6. The van der Waals surface area contributed by atoms with Gasteiger partial charge in [-0.25, -0.2) is 4.79 Å². The lowest BCUT2D eigenvalue weighted by molar-refractivity contribution is -0.124. The molecule has 0 bridgehead atoms. The second-order valence-electron chi connectivity index (χ2n) is 6.10. The standard InChI is InChI=1S/C20H21NO4/c1-24-20(23)16-9-11-17(12-10-16)25-13-18(22)21-19(15-7-8-15)14-5-3-2-4-6-14/h2-6,9-12,15,19H,7-8,13H2,1H3,(H,21,22). The number of amides is 1. The normalized spacial score (nSPS) is 14.4. The fourth-order valence-corrected chi connectivity index (χ4v) is 2.73. The number of esters is 1. The van der Waals surface area contributed by atoms with Crippen LogP contribution in [0, 0.1) is 5.92 Å². The lowest BCUT2D eigenvalue weighted by atomic mass is 10.0. The Hall–Kier alpha value is -2.82. The van der Waals surface area contributed by atoms with Crippen LogP contribution >= 0.6 is 0 Å². The van der Waals surface area contributed by atoms with E-state index in [1.165, 1.54) is 7.11 Å². The van der Waals surface area contributed by atoms with Gasteiger partial charge >= 0.3 is 5.97 Å². The molecule has 1 N–H and O–H groups in total. The van der Waals surface area contributed by atoms with Crippen molar-refractivity contribution >= 4 is 11.9 Å². The Bertz CT molecular complexity index is 723. The average molecular weight is 339 g/mol. The minimum absolute atomic E-state index is 0.0407. The number of rotatable bonds is 7. The monoisotopic (exact) mass is 339 g/mol. The lowest BCUT2D eigenvalue weighted by Crippen LogP contribution is -2.33. The highest BCUT2D eigenvalue weighted by Gasteiger charge is 2.33. The molecule has 1 saturated carbocycles. The van der Waals surface area contributed by atoms with Crippen molar-refractivity contribution < 1.29 is 19.1 Å². The molecule has 1 amide bonds. The van der Waals surface area contributed by atoms with Crippen molar-refractivity contribution in [3.05, 3.63) is 65.7 Å². The summed E-state index contributed by atoms with van der Waals surface area (Å²) < 4.78 is 10.2. The van der Waals surface area contributed by atoms with Gasteiger partial charge < -0.3 is 14.8 Å². The van der Waals surface area contributed by atoms with E-state index < -0.39 is 5.97 Å². The number of ether oxygens (including phenoxy) is 2. The molecule has 0 aliphatic heterocycles. The molecular weight excluding hydrogens is 318 g/mol. The number of methoxy groups -OCH3 is 1. The molecule has 1 atom stereocenters. The fourth-order valence-electron chi connectivity index (χ4n) is 2.73. The Kier molecular flexibility index (Phi) is 5.33. The summed E-state index contributed by atoms with van der Waals surface area (Å²) in [5.41, 5.74) is 1.57. The molecule has 0 heterocycles. The lowest BCUT2D eigenvalue weighted by Gasteiger charge is -2.19. The third-order valence-corrected chi connectivity index (χ3v) is 4.21. The van der Waals surface area contributed by atoms with Gasteiger partial charge in [0.1, 0.15) is 5.75 Å². The van der Waals surface area contributed by atoms with Gasteiger partial charge in [-0.15, -0.1) is 0 Å². The number of hydrogen-bond donors (Lipinski definition) is 1. The molecular formula is C20H21NO4. The maximum Gasteiger partial charge on any atom is 0.337 e. The highest BCUT2D eigenvalue weighted by Crippen LogP contribution is 2.40. The fraction of sp³-hybridized carbons (Fsp3) is 0.300. The maximum absolute atomic E-state index is 12.2. The maximum atomic E-state index is 12.2. The first-order chi connectivity index (χ1) is 12.2. The minimum atomic E-state index is -0.403. The van der Waals surface area contributed by atoms with Crippen LogP contribution < -0.4 is 10.1 Å². The van der Waals surface area contributed by atoms with Gasteiger partial charge in [-0.05, 0) is 48.6 Å². The Morgan fingerprint density at radius 3 is 2.36 bits per heavy atom. The Balaban J connectivity index is 1.54. The number of carbonyl (C=O) groups excluding carboxylic acids is 2. The Morgan fingerprint density at radius 1 is 1.08 bits per heavy atom. The Labute approximate surface area is 147 Å². The van der Waals surface area contributed by atoms with Crippen LogP contribution in [0.3, 0.4) is 0 Å². The van der Waals surface area contributed by atoms with Gasteiger partial charge in [0.2, 0.25) is 0 Å². The van der Waals surface area contributed by atoms with Crippen LogP contribution in [0.1, 0.15) is 34.8 Å². The topological polar surface area (TPSA) is 64.6 Å². The molecule has 1 aliphatic rings. The summed E-state index contributed by atoms with van der Waals surface area (Å²) in [5.74, 6) is 0.480. The van der Waals surface area contributed by atoms with Crippen LogP contribution in [-0.4, -0.2) is 25.6 Å². The van der Waals surface area contributed by atoms with E-state index in [2.05, 4.69) is 10.1 Å². The molecule has 3 rings (SSSR count). The van der Waals surface area contributed by atoms with Crippen molar-refractivity contribution in [2.75, 3.05) is 13.7 Å². The summed E-state index contributed by atoms with van der Waals surface area (Å²) in [6.45, 7) is -0.0619. The van der Waals surface area contributed by atoms with Crippen molar-refractivity contribution in [2.24, 2.45) is 5.92 Å². The van der Waals surface area contributed by atoms with E-state index in [1.54, 1.807) is 24.3 Å². The number of nitrogens with one attached hydrogen (secondary N) is 1. The SMILES string of the molecule is COC(=O)c1ccc(OCC(=O)NC(c2ccccc2)C2CC2)cc1. The number of benzene rings is 2. The van der Waals surface area contributed by atoms with Crippen LogP contribution in [0.2, 0.25) is 0 Å². The van der Waals surface area contributed by atoms with Crippen molar-refractivity contribution in [2.45, 2.75) is 18.9 Å². The highest BCUT2D eigenvalue weighted by molar-refractivity contribution is 5.89. The summed E-state index contributed by atoms with van der Waals surface area (Å²) in [6.07, 6.45) is 2.27. The van der Waals surface area contributed by atoms with E-state index in [9.17, 15) is 9.59 Å². The van der Waals surface area contributed by atoms with Gasteiger partial charge in [-0.2, -0.15) is 0 Å². The molecule has 5 nitrogen and oxygen atoms in total. The molecule has 1 fully saturated rings. The van der Waals surface area contributed by atoms with Crippen LogP contribution in [-0.2, 0) is 9.53 Å². The van der Waals surface area contributed by atoms with Gasteiger partial charge in [0, 0.05) is 0 Å². The van der Waals surface area contributed by atoms with Crippen molar-refractivity contribution in [1.29, 1.82) is 0 Å². The molecule has 0 saturated heterocycles. The van der Waals surface area contributed by atoms with E-state index in [1.807, 2.05) is 30.3 Å². The van der Waals surface area contributed by atoms with Gasteiger partial charge in [-0.1, -0.05) is 30.3 Å². The molecule has 5 heteroatoms. The second kappa shape index (κ2) is 7.83. The van der Waals surface area contributed by atoms with Crippen LogP contribution in [0.4, 0.5) is 0 Å². The molecule has 0 radical (unpaired) electrons. The smallest absolute Gasteiger partial charge is 0.337 e. The molecule has 2 aromatic rings. The molecule has 1 unspecified atom stereocenters. The van der Waals surface area contributed by atoms with E-state index in [0.29, 0.717) is 17.2 Å². The third kappa shape index (κ3) is 4.59. The molecule has 25 heavy (non-hydrogen) atoms. The van der Waals surface area contributed by atoms with Crippen LogP contribution in [0.15, 0.2) is 54.6 Å². The predicted octanol–water partition coefficient (Wildman–Crippen LogP) is 3.12. The third-order valence-electron chi connectivity index (χ3n) is 4.21. The Morgan fingerprint density at radius 2 is 1.76 bits per heavy atom. The predicted molar refractivity (Wildman–Crippen MR) is 93.3 cm³/mol. The summed E-state index contributed by atoms with van der Waals surface area (Å²) >= 11 is 0. The number of hydrogen-bond acceptors (Lipinski definition) is 4. The van der Waals surface area contributed by atoms with Crippen molar-refractivity contribution in [1.82, 2.24) is 5.32 Å². The quantitative estimate of drug-likeness (QED) is 0.787. The first-order valence-corrected chi connectivity index (χ1v) is 8.33.